The lowest BCUT2D eigenvalue weighted by atomic mass is 10.1. The van der Waals surface area contributed by atoms with Crippen LogP contribution in [0.1, 0.15) is 18.9 Å². The van der Waals surface area contributed by atoms with Crippen molar-refractivity contribution in [3.63, 3.8) is 0 Å². The Kier molecular flexibility index (Phi) is 6.79. The number of amides is 2. The molecule has 4 rings (SSSR count). The Balaban J connectivity index is 1.69. The first-order valence-corrected chi connectivity index (χ1v) is 12.5. The second kappa shape index (κ2) is 9.93. The summed E-state index contributed by atoms with van der Waals surface area (Å²) in [6.07, 6.45) is 0.709. The molecule has 0 aliphatic heterocycles. The molecule has 0 spiro atoms. The molecule has 0 radical (unpaired) electrons. The molecule has 1 heterocycles. The molecule has 7 nitrogen and oxygen atoms in total. The molecule has 8 heteroatoms. The van der Waals surface area contributed by atoms with Gasteiger partial charge in [-0.1, -0.05) is 67.1 Å². The van der Waals surface area contributed by atoms with E-state index in [4.69, 9.17) is 5.10 Å². The molecule has 174 valence electrons. The van der Waals surface area contributed by atoms with Crippen LogP contribution in [0.5, 0.6) is 0 Å². The van der Waals surface area contributed by atoms with Crippen LogP contribution < -0.4 is 10.0 Å². The molecule has 2 N–H and O–H groups in total. The number of aryl methyl sites for hydroxylation is 1. The van der Waals surface area contributed by atoms with Gasteiger partial charge in [-0.05, 0) is 43.7 Å². The number of nitrogens with one attached hydrogen (secondary N) is 2. The normalized spacial score (nSPS) is 11.2. The number of benzene rings is 3. The fourth-order valence-electron chi connectivity index (χ4n) is 3.48. The van der Waals surface area contributed by atoms with E-state index >= 15 is 0 Å². The van der Waals surface area contributed by atoms with Crippen molar-refractivity contribution in [3.8, 4) is 28.2 Å². The largest absolute Gasteiger partial charge is 0.337 e. The Morgan fingerprint density at radius 1 is 0.912 bits per heavy atom. The summed E-state index contributed by atoms with van der Waals surface area (Å²) in [5.41, 5.74) is 5.53. The lowest BCUT2D eigenvalue weighted by molar-refractivity contribution is 0.246. The Bertz CT molecular complexity index is 1380. The summed E-state index contributed by atoms with van der Waals surface area (Å²) in [7, 11) is -3.98. The summed E-state index contributed by atoms with van der Waals surface area (Å²) in [6, 6.07) is 25.6. The van der Waals surface area contributed by atoms with Gasteiger partial charge in [0, 0.05) is 17.7 Å². The van der Waals surface area contributed by atoms with Crippen LogP contribution in [0.3, 0.4) is 0 Å². The zero-order chi connectivity index (χ0) is 24.1. The highest BCUT2D eigenvalue weighted by molar-refractivity contribution is 7.90. The summed E-state index contributed by atoms with van der Waals surface area (Å²) in [5.74, 6) is 0. The molecule has 0 saturated heterocycles. The van der Waals surface area contributed by atoms with E-state index in [0.717, 1.165) is 22.5 Å². The smallest absolute Gasteiger partial charge is 0.328 e. The first-order chi connectivity index (χ1) is 16.4. The minimum absolute atomic E-state index is 0.00456. The maximum absolute atomic E-state index is 12.6. The second-order valence-corrected chi connectivity index (χ2v) is 9.60. The highest BCUT2D eigenvalue weighted by atomic mass is 32.2. The highest BCUT2D eigenvalue weighted by Gasteiger charge is 2.18. The van der Waals surface area contributed by atoms with Crippen molar-refractivity contribution in [2.45, 2.75) is 25.2 Å². The van der Waals surface area contributed by atoms with Gasteiger partial charge < -0.3 is 5.32 Å². The average Bonchev–Trinajstić information content (AvgIpc) is 3.29. The van der Waals surface area contributed by atoms with E-state index < -0.39 is 16.1 Å². The number of urea groups is 1. The van der Waals surface area contributed by atoms with Gasteiger partial charge in [0.25, 0.3) is 10.0 Å². The second-order valence-electron chi connectivity index (χ2n) is 7.91. The van der Waals surface area contributed by atoms with Crippen molar-refractivity contribution < 1.29 is 13.2 Å². The quantitative estimate of drug-likeness (QED) is 0.398. The molecule has 0 saturated carbocycles. The molecule has 3 aromatic carbocycles. The van der Waals surface area contributed by atoms with Crippen molar-refractivity contribution in [1.82, 2.24) is 19.8 Å². The molecule has 0 unspecified atom stereocenters. The van der Waals surface area contributed by atoms with E-state index in [9.17, 15) is 13.2 Å². The topological polar surface area (TPSA) is 93.1 Å². The van der Waals surface area contributed by atoms with Crippen molar-refractivity contribution in [3.05, 3.63) is 90.5 Å². The van der Waals surface area contributed by atoms with Crippen LogP contribution >= 0.6 is 0 Å². The monoisotopic (exact) mass is 474 g/mol. The molecular weight excluding hydrogens is 448 g/mol. The number of carbonyl (C=O) groups excluding carboxylic acids is 1. The molecule has 0 fully saturated rings. The lowest BCUT2D eigenvalue weighted by Gasteiger charge is -2.10. The number of sulfonamides is 1. The lowest BCUT2D eigenvalue weighted by Crippen LogP contribution is -2.39. The van der Waals surface area contributed by atoms with Gasteiger partial charge >= 0.3 is 6.03 Å². The van der Waals surface area contributed by atoms with Crippen LogP contribution in [0.4, 0.5) is 4.79 Å². The molecule has 2 amide bonds. The predicted molar refractivity (Wildman–Crippen MR) is 133 cm³/mol. The van der Waals surface area contributed by atoms with Crippen LogP contribution in [0, 0.1) is 6.92 Å². The Labute approximate surface area is 199 Å². The van der Waals surface area contributed by atoms with Gasteiger partial charge in [-0.2, -0.15) is 5.10 Å². The Morgan fingerprint density at radius 2 is 1.59 bits per heavy atom. The minimum Gasteiger partial charge on any atom is -0.337 e. The summed E-state index contributed by atoms with van der Waals surface area (Å²) < 4.78 is 29.0. The maximum Gasteiger partial charge on any atom is 0.328 e. The standard InChI is InChI=1S/C26H26N4O3S/c1-3-17-27-26(31)29-34(32,33)23-15-13-22(14-16-23)30-25(21-7-5-4-6-8-21)18-24(28-30)20-11-9-19(2)10-12-20/h4-16,18H,3,17H2,1-2H3,(H2,27,29,31). The summed E-state index contributed by atoms with van der Waals surface area (Å²) in [4.78, 5) is 11.8. The van der Waals surface area contributed by atoms with Gasteiger partial charge in [-0.25, -0.2) is 22.6 Å². The van der Waals surface area contributed by atoms with Crippen LogP contribution in [-0.2, 0) is 10.0 Å². The molecule has 0 aliphatic carbocycles. The van der Waals surface area contributed by atoms with Gasteiger partial charge in [-0.3, -0.25) is 0 Å². The van der Waals surface area contributed by atoms with E-state index in [2.05, 4.69) is 5.32 Å². The number of nitrogens with zero attached hydrogens (tertiary/aromatic N) is 2. The third-order valence-electron chi connectivity index (χ3n) is 5.28. The van der Waals surface area contributed by atoms with Crippen molar-refractivity contribution >= 4 is 16.1 Å². The van der Waals surface area contributed by atoms with Gasteiger partial charge in [0.1, 0.15) is 0 Å². The summed E-state index contributed by atoms with van der Waals surface area (Å²) >= 11 is 0. The minimum atomic E-state index is -3.98. The van der Waals surface area contributed by atoms with Gasteiger partial charge in [0.05, 0.1) is 22.0 Å². The molecule has 4 aromatic rings. The Morgan fingerprint density at radius 3 is 2.24 bits per heavy atom. The van der Waals surface area contributed by atoms with E-state index in [-0.39, 0.29) is 4.90 Å². The summed E-state index contributed by atoms with van der Waals surface area (Å²) in [5, 5.41) is 7.32. The van der Waals surface area contributed by atoms with E-state index in [1.807, 2.05) is 79.2 Å². The van der Waals surface area contributed by atoms with Crippen molar-refractivity contribution in [2.75, 3.05) is 6.54 Å². The molecule has 34 heavy (non-hydrogen) atoms. The third kappa shape index (κ3) is 5.18. The van der Waals surface area contributed by atoms with E-state index in [0.29, 0.717) is 18.7 Å². The zero-order valence-corrected chi connectivity index (χ0v) is 19.8. The molecule has 0 aliphatic rings. The molecule has 0 atom stereocenters. The van der Waals surface area contributed by atoms with Crippen LogP contribution in [0.15, 0.2) is 89.8 Å². The molecule has 0 bridgehead atoms. The van der Waals surface area contributed by atoms with Gasteiger partial charge in [-0.15, -0.1) is 0 Å². The first kappa shape index (κ1) is 23.3. The van der Waals surface area contributed by atoms with E-state index in [1.165, 1.54) is 17.7 Å². The summed E-state index contributed by atoms with van der Waals surface area (Å²) in [6.45, 7) is 4.32. The van der Waals surface area contributed by atoms with Gasteiger partial charge in [0.2, 0.25) is 0 Å². The highest BCUT2D eigenvalue weighted by Crippen LogP contribution is 2.29. The van der Waals surface area contributed by atoms with Crippen molar-refractivity contribution in [1.29, 1.82) is 0 Å². The Hall–Kier alpha value is -3.91. The number of hydrogen-bond acceptors (Lipinski definition) is 4. The van der Waals surface area contributed by atoms with Crippen LogP contribution in [-0.4, -0.2) is 30.8 Å². The van der Waals surface area contributed by atoms with Gasteiger partial charge in [0.15, 0.2) is 0 Å². The number of rotatable bonds is 7. The van der Waals surface area contributed by atoms with E-state index in [1.54, 1.807) is 16.8 Å². The first-order valence-electron chi connectivity index (χ1n) is 11.0. The predicted octanol–water partition coefficient (Wildman–Crippen LogP) is 4.91. The molecular formula is C26H26N4O3S. The van der Waals surface area contributed by atoms with Crippen LogP contribution in [0.25, 0.3) is 28.2 Å². The zero-order valence-electron chi connectivity index (χ0n) is 19.0. The number of aromatic nitrogens is 2. The fourth-order valence-corrected chi connectivity index (χ4v) is 4.41. The maximum atomic E-state index is 12.6. The average molecular weight is 475 g/mol. The number of hydrogen-bond donors (Lipinski definition) is 2. The van der Waals surface area contributed by atoms with Crippen LogP contribution in [0.2, 0.25) is 0 Å². The SMILES string of the molecule is CCCNC(=O)NS(=O)(=O)c1ccc(-n2nc(-c3ccc(C)cc3)cc2-c2ccccc2)cc1. The fraction of sp³-hybridized carbons (Fsp3) is 0.154. The third-order valence-corrected chi connectivity index (χ3v) is 6.63. The molecule has 1 aromatic heterocycles. The number of carbonyl (C=O) groups is 1. The van der Waals surface area contributed by atoms with Crippen molar-refractivity contribution in [2.24, 2.45) is 0 Å².